The lowest BCUT2D eigenvalue weighted by Crippen LogP contribution is -2.14. The number of hydrogen-bond donors (Lipinski definition) is 1. The Bertz CT molecular complexity index is 263. The highest BCUT2D eigenvalue weighted by Gasteiger charge is 2.11. The van der Waals surface area contributed by atoms with Gasteiger partial charge in [0.1, 0.15) is 0 Å². The van der Waals surface area contributed by atoms with Crippen LogP contribution in [0.15, 0.2) is 24.3 Å². The lowest BCUT2D eigenvalue weighted by atomic mass is 9.90. The molecule has 76 valence electrons. The SMILES string of the molecule is [CH]C(Cc1ccc(C)cc1)[C@@H](C)CO. The predicted octanol–water partition coefficient (Wildman–Crippen LogP) is 2.49. The Hall–Kier alpha value is -0.820. The molecule has 0 saturated carbocycles. The van der Waals surface area contributed by atoms with E-state index in [0.29, 0.717) is 0 Å². The molecule has 2 radical (unpaired) electrons. The van der Waals surface area contributed by atoms with Gasteiger partial charge in [-0.3, -0.25) is 0 Å². The average molecular weight is 190 g/mol. The van der Waals surface area contributed by atoms with Crippen molar-refractivity contribution in [2.24, 2.45) is 11.8 Å². The van der Waals surface area contributed by atoms with Crippen LogP contribution in [-0.4, -0.2) is 11.7 Å². The van der Waals surface area contributed by atoms with E-state index in [1.165, 1.54) is 11.1 Å². The lowest BCUT2D eigenvalue weighted by Gasteiger charge is -2.17. The summed E-state index contributed by atoms with van der Waals surface area (Å²) in [6.07, 6.45) is 0.835. The van der Waals surface area contributed by atoms with E-state index in [-0.39, 0.29) is 18.4 Å². The Morgan fingerprint density at radius 2 is 1.86 bits per heavy atom. The fourth-order valence-corrected chi connectivity index (χ4v) is 1.33. The monoisotopic (exact) mass is 190 g/mol. The van der Waals surface area contributed by atoms with E-state index < -0.39 is 0 Å². The Balaban J connectivity index is 2.56. The van der Waals surface area contributed by atoms with Gasteiger partial charge < -0.3 is 5.11 Å². The van der Waals surface area contributed by atoms with Crippen LogP contribution in [0.4, 0.5) is 0 Å². The fourth-order valence-electron chi connectivity index (χ4n) is 1.33. The standard InChI is InChI=1S/C13H18O/c1-10-4-6-13(7-5-10)8-11(2)12(3)9-14/h2,4-7,11-12,14H,8-9H2,1,3H3/t11?,12-/m0/s1. The van der Waals surface area contributed by atoms with Crippen molar-refractivity contribution in [3.05, 3.63) is 42.3 Å². The van der Waals surface area contributed by atoms with Gasteiger partial charge in [-0.15, -0.1) is 0 Å². The van der Waals surface area contributed by atoms with Gasteiger partial charge in [0, 0.05) is 6.61 Å². The molecule has 0 spiro atoms. The first-order chi connectivity index (χ1) is 6.63. The fraction of sp³-hybridized carbons (Fsp3) is 0.462. The number of benzene rings is 1. The number of aliphatic hydroxyl groups is 1. The molecule has 1 unspecified atom stereocenters. The van der Waals surface area contributed by atoms with Crippen LogP contribution in [0.5, 0.6) is 0 Å². The molecule has 0 saturated heterocycles. The quantitative estimate of drug-likeness (QED) is 0.773. The second-order valence-electron chi connectivity index (χ2n) is 4.01. The lowest BCUT2D eigenvalue weighted by molar-refractivity contribution is 0.205. The van der Waals surface area contributed by atoms with Crippen LogP contribution in [-0.2, 0) is 6.42 Å². The molecular weight excluding hydrogens is 172 g/mol. The van der Waals surface area contributed by atoms with Gasteiger partial charge >= 0.3 is 0 Å². The topological polar surface area (TPSA) is 20.2 Å². The summed E-state index contributed by atoms with van der Waals surface area (Å²) in [6, 6.07) is 8.37. The molecule has 1 nitrogen and oxygen atoms in total. The first kappa shape index (κ1) is 11.3. The number of aliphatic hydroxyl groups excluding tert-OH is 1. The van der Waals surface area contributed by atoms with Crippen molar-refractivity contribution in [1.29, 1.82) is 0 Å². The van der Waals surface area contributed by atoms with Gasteiger partial charge in [-0.1, -0.05) is 36.8 Å². The minimum atomic E-state index is 0.0442. The summed E-state index contributed by atoms with van der Waals surface area (Å²) >= 11 is 0. The molecule has 1 aromatic rings. The zero-order chi connectivity index (χ0) is 10.6. The van der Waals surface area contributed by atoms with E-state index in [1.807, 2.05) is 6.92 Å². The molecule has 1 aromatic carbocycles. The molecule has 1 N–H and O–H groups in total. The minimum absolute atomic E-state index is 0.0442. The summed E-state index contributed by atoms with van der Waals surface area (Å²) in [6.45, 7) is 10.1. The van der Waals surface area contributed by atoms with Crippen molar-refractivity contribution in [2.75, 3.05) is 6.61 Å². The Labute approximate surface area is 86.8 Å². The van der Waals surface area contributed by atoms with Gasteiger partial charge in [0.05, 0.1) is 0 Å². The summed E-state index contributed by atoms with van der Waals surface area (Å²) < 4.78 is 0. The largest absolute Gasteiger partial charge is 0.396 e. The third-order valence-electron chi connectivity index (χ3n) is 2.61. The van der Waals surface area contributed by atoms with Crippen molar-refractivity contribution in [1.82, 2.24) is 0 Å². The average Bonchev–Trinajstić information content (AvgIpc) is 2.20. The minimum Gasteiger partial charge on any atom is -0.396 e. The van der Waals surface area contributed by atoms with Crippen LogP contribution >= 0.6 is 0 Å². The number of hydrogen-bond acceptors (Lipinski definition) is 1. The molecule has 2 atom stereocenters. The van der Waals surface area contributed by atoms with Crippen LogP contribution < -0.4 is 0 Å². The third-order valence-corrected chi connectivity index (χ3v) is 2.61. The summed E-state index contributed by atoms with van der Waals surface area (Å²) in [5.41, 5.74) is 2.50. The van der Waals surface area contributed by atoms with Crippen LogP contribution in [0.2, 0.25) is 0 Å². The second-order valence-corrected chi connectivity index (χ2v) is 4.01. The van der Waals surface area contributed by atoms with E-state index in [0.717, 1.165) is 6.42 Å². The Morgan fingerprint density at radius 3 is 2.36 bits per heavy atom. The molecule has 0 aliphatic carbocycles. The van der Waals surface area contributed by atoms with Crippen molar-refractivity contribution in [3.63, 3.8) is 0 Å². The summed E-state index contributed by atoms with van der Waals surface area (Å²) in [5, 5.41) is 8.95. The molecule has 0 aliphatic rings. The first-order valence-corrected chi connectivity index (χ1v) is 5.05. The van der Waals surface area contributed by atoms with Gasteiger partial charge in [0.25, 0.3) is 0 Å². The molecule has 0 aromatic heterocycles. The number of rotatable bonds is 4. The molecular formula is C13H18O. The normalized spacial score (nSPS) is 15.1. The third kappa shape index (κ3) is 3.15. The van der Waals surface area contributed by atoms with Gasteiger partial charge in [-0.05, 0) is 37.7 Å². The zero-order valence-corrected chi connectivity index (χ0v) is 8.90. The van der Waals surface area contributed by atoms with E-state index in [2.05, 4.69) is 31.2 Å². The second kappa shape index (κ2) is 5.16. The Morgan fingerprint density at radius 1 is 1.29 bits per heavy atom. The van der Waals surface area contributed by atoms with Crippen molar-refractivity contribution >= 4 is 0 Å². The van der Waals surface area contributed by atoms with E-state index in [1.54, 1.807) is 0 Å². The molecule has 1 rings (SSSR count). The van der Waals surface area contributed by atoms with Crippen LogP contribution in [0.25, 0.3) is 0 Å². The maximum absolute atomic E-state index is 8.95. The smallest absolute Gasteiger partial charge is 0.0459 e. The van der Waals surface area contributed by atoms with E-state index in [9.17, 15) is 0 Å². The highest BCUT2D eigenvalue weighted by atomic mass is 16.3. The maximum atomic E-state index is 8.95. The van der Waals surface area contributed by atoms with E-state index >= 15 is 0 Å². The molecule has 0 fully saturated rings. The van der Waals surface area contributed by atoms with Gasteiger partial charge in [0.2, 0.25) is 0 Å². The van der Waals surface area contributed by atoms with Crippen LogP contribution in [0, 0.1) is 25.7 Å². The number of aryl methyl sites for hydroxylation is 1. The molecule has 14 heavy (non-hydrogen) atoms. The molecule has 1 heteroatoms. The van der Waals surface area contributed by atoms with Gasteiger partial charge in [-0.25, -0.2) is 0 Å². The molecule has 0 heterocycles. The van der Waals surface area contributed by atoms with Gasteiger partial charge in [-0.2, -0.15) is 0 Å². The maximum Gasteiger partial charge on any atom is 0.0459 e. The Kier molecular flexibility index (Phi) is 4.15. The van der Waals surface area contributed by atoms with Crippen LogP contribution in [0.1, 0.15) is 18.1 Å². The van der Waals surface area contributed by atoms with Crippen LogP contribution in [0.3, 0.4) is 0 Å². The molecule has 0 bridgehead atoms. The highest BCUT2D eigenvalue weighted by Crippen LogP contribution is 2.16. The molecule has 0 aliphatic heterocycles. The van der Waals surface area contributed by atoms with Crippen molar-refractivity contribution in [3.8, 4) is 0 Å². The summed E-state index contributed by atoms with van der Waals surface area (Å²) in [4.78, 5) is 0. The molecule has 0 amide bonds. The van der Waals surface area contributed by atoms with E-state index in [4.69, 9.17) is 12.0 Å². The highest BCUT2D eigenvalue weighted by molar-refractivity contribution is 5.21. The first-order valence-electron chi connectivity index (χ1n) is 5.05. The van der Waals surface area contributed by atoms with Crippen molar-refractivity contribution < 1.29 is 5.11 Å². The summed E-state index contributed by atoms with van der Waals surface area (Å²) in [7, 11) is 0. The van der Waals surface area contributed by atoms with Gasteiger partial charge in [0.15, 0.2) is 0 Å². The predicted molar refractivity (Wildman–Crippen MR) is 58.9 cm³/mol. The zero-order valence-electron chi connectivity index (χ0n) is 8.90. The van der Waals surface area contributed by atoms with Crippen molar-refractivity contribution in [2.45, 2.75) is 20.3 Å². The summed E-state index contributed by atoms with van der Waals surface area (Å²) in [5.74, 6) is 0.207.